The molecule has 0 unspecified atom stereocenters. The molecule has 0 amide bonds. The fraction of sp³-hybridized carbons (Fsp3) is 0.136. The highest BCUT2D eigenvalue weighted by Gasteiger charge is 2.16. The number of fused-ring (bicyclic) bond motifs is 1. The first-order valence-electron chi connectivity index (χ1n) is 9.27. The SMILES string of the molecule is CCOc1ccc(S(=O)(=O)Nc2cc(-c3cn4ccccc4n3)ccc2C)cc1. The molecule has 0 fully saturated rings. The summed E-state index contributed by atoms with van der Waals surface area (Å²) < 4.78 is 35.7. The van der Waals surface area contributed by atoms with Gasteiger partial charge in [-0.1, -0.05) is 18.2 Å². The number of benzene rings is 2. The largest absolute Gasteiger partial charge is 0.494 e. The van der Waals surface area contributed by atoms with Crippen molar-refractivity contribution in [2.75, 3.05) is 11.3 Å². The smallest absolute Gasteiger partial charge is 0.261 e. The van der Waals surface area contributed by atoms with Gasteiger partial charge in [-0.15, -0.1) is 0 Å². The Morgan fingerprint density at radius 1 is 1.07 bits per heavy atom. The van der Waals surface area contributed by atoms with Crippen molar-refractivity contribution in [3.8, 4) is 17.0 Å². The molecule has 0 radical (unpaired) electrons. The summed E-state index contributed by atoms with van der Waals surface area (Å²) in [6, 6.07) is 17.8. The standard InChI is InChI=1S/C22H21N3O3S/c1-3-28-18-9-11-19(12-10-18)29(26,27)24-20-14-17(8-7-16(20)2)21-15-25-13-5-4-6-22(25)23-21/h4-15,24H,3H2,1-2H3. The highest BCUT2D eigenvalue weighted by molar-refractivity contribution is 7.92. The number of aryl methyl sites for hydroxylation is 1. The number of aromatic nitrogens is 2. The second-order valence-corrected chi connectivity index (χ2v) is 8.31. The van der Waals surface area contributed by atoms with Crippen LogP contribution in [0.1, 0.15) is 12.5 Å². The van der Waals surface area contributed by atoms with Crippen LogP contribution in [0.4, 0.5) is 5.69 Å². The average molecular weight is 407 g/mol. The van der Waals surface area contributed by atoms with Crippen LogP contribution >= 0.6 is 0 Å². The van der Waals surface area contributed by atoms with Crippen LogP contribution in [0.25, 0.3) is 16.9 Å². The predicted octanol–water partition coefficient (Wildman–Crippen LogP) is 4.51. The molecule has 2 aromatic carbocycles. The highest BCUT2D eigenvalue weighted by atomic mass is 32.2. The van der Waals surface area contributed by atoms with Gasteiger partial charge in [0.15, 0.2) is 0 Å². The molecule has 0 bridgehead atoms. The van der Waals surface area contributed by atoms with Crippen molar-refractivity contribution in [3.05, 3.63) is 78.6 Å². The van der Waals surface area contributed by atoms with Crippen molar-refractivity contribution in [1.29, 1.82) is 0 Å². The zero-order valence-corrected chi connectivity index (χ0v) is 17.0. The van der Waals surface area contributed by atoms with Gasteiger partial charge in [0.1, 0.15) is 11.4 Å². The zero-order chi connectivity index (χ0) is 20.4. The predicted molar refractivity (Wildman–Crippen MR) is 114 cm³/mol. The van der Waals surface area contributed by atoms with E-state index in [1.165, 1.54) is 12.1 Å². The first-order valence-corrected chi connectivity index (χ1v) is 10.7. The minimum atomic E-state index is -3.72. The molecule has 0 atom stereocenters. The molecule has 0 spiro atoms. The van der Waals surface area contributed by atoms with E-state index in [1.54, 1.807) is 12.1 Å². The minimum Gasteiger partial charge on any atom is -0.494 e. The molecule has 1 N–H and O–H groups in total. The van der Waals surface area contributed by atoms with E-state index in [1.807, 2.05) is 67.0 Å². The van der Waals surface area contributed by atoms with Gasteiger partial charge in [-0.2, -0.15) is 0 Å². The lowest BCUT2D eigenvalue weighted by atomic mass is 10.1. The Bertz CT molecular complexity index is 1230. The Kier molecular flexibility index (Phi) is 4.98. The van der Waals surface area contributed by atoms with Gasteiger partial charge in [0, 0.05) is 18.0 Å². The third-order valence-corrected chi connectivity index (χ3v) is 5.97. The third-order valence-electron chi connectivity index (χ3n) is 4.59. The molecule has 2 heterocycles. The molecule has 148 valence electrons. The number of hydrogen-bond donors (Lipinski definition) is 1. The van der Waals surface area contributed by atoms with E-state index < -0.39 is 10.0 Å². The lowest BCUT2D eigenvalue weighted by molar-refractivity contribution is 0.340. The summed E-state index contributed by atoms with van der Waals surface area (Å²) in [4.78, 5) is 4.79. The van der Waals surface area contributed by atoms with E-state index in [2.05, 4.69) is 9.71 Å². The van der Waals surface area contributed by atoms with Crippen LogP contribution in [-0.4, -0.2) is 24.4 Å². The summed E-state index contributed by atoms with van der Waals surface area (Å²) in [6.07, 6.45) is 3.85. The molecule has 0 aliphatic heterocycles. The molecule has 29 heavy (non-hydrogen) atoms. The maximum Gasteiger partial charge on any atom is 0.261 e. The molecule has 0 aliphatic rings. The molecule has 0 saturated carbocycles. The van der Waals surface area contributed by atoms with Gasteiger partial charge < -0.3 is 9.14 Å². The minimum absolute atomic E-state index is 0.179. The maximum atomic E-state index is 12.8. The Labute approximate surface area is 169 Å². The van der Waals surface area contributed by atoms with E-state index in [0.717, 1.165) is 22.5 Å². The molecule has 2 aromatic heterocycles. The molecule has 6 nitrogen and oxygen atoms in total. The van der Waals surface area contributed by atoms with Gasteiger partial charge >= 0.3 is 0 Å². The van der Waals surface area contributed by atoms with Crippen LogP contribution in [0.15, 0.2) is 78.0 Å². The van der Waals surface area contributed by atoms with E-state index in [4.69, 9.17) is 4.74 Å². The quantitative estimate of drug-likeness (QED) is 0.510. The lowest BCUT2D eigenvalue weighted by Gasteiger charge is -2.12. The van der Waals surface area contributed by atoms with Crippen LogP contribution in [0.5, 0.6) is 5.75 Å². The molecule has 4 rings (SSSR count). The molecule has 7 heteroatoms. The van der Waals surface area contributed by atoms with Crippen molar-refractivity contribution >= 4 is 21.4 Å². The highest BCUT2D eigenvalue weighted by Crippen LogP contribution is 2.27. The van der Waals surface area contributed by atoms with Gasteiger partial charge in [0.2, 0.25) is 0 Å². The van der Waals surface area contributed by atoms with Gasteiger partial charge in [-0.25, -0.2) is 13.4 Å². The van der Waals surface area contributed by atoms with Gasteiger partial charge in [-0.3, -0.25) is 4.72 Å². The lowest BCUT2D eigenvalue weighted by Crippen LogP contribution is -2.13. The number of anilines is 1. The molecular formula is C22H21N3O3S. The van der Waals surface area contributed by atoms with Gasteiger partial charge in [-0.05, 0) is 61.9 Å². The second-order valence-electron chi connectivity index (χ2n) is 6.63. The number of nitrogens with one attached hydrogen (secondary N) is 1. The topological polar surface area (TPSA) is 72.7 Å². The Balaban J connectivity index is 1.65. The maximum absolute atomic E-state index is 12.8. The van der Waals surface area contributed by atoms with E-state index >= 15 is 0 Å². The first-order chi connectivity index (χ1) is 14.0. The first kappa shape index (κ1) is 19.0. The summed E-state index contributed by atoms with van der Waals surface area (Å²) >= 11 is 0. The molecule has 4 aromatic rings. The van der Waals surface area contributed by atoms with Crippen molar-refractivity contribution < 1.29 is 13.2 Å². The Morgan fingerprint density at radius 3 is 2.59 bits per heavy atom. The van der Waals surface area contributed by atoms with Crippen LogP contribution in [0.2, 0.25) is 0 Å². The molecule has 0 saturated heterocycles. The van der Waals surface area contributed by atoms with Crippen LogP contribution in [0, 0.1) is 6.92 Å². The zero-order valence-electron chi connectivity index (χ0n) is 16.2. The monoisotopic (exact) mass is 407 g/mol. The molecule has 0 aliphatic carbocycles. The number of ether oxygens (including phenoxy) is 1. The number of nitrogens with zero attached hydrogens (tertiary/aromatic N) is 2. The normalized spacial score (nSPS) is 11.5. The van der Waals surface area contributed by atoms with Crippen LogP contribution < -0.4 is 9.46 Å². The van der Waals surface area contributed by atoms with E-state index in [9.17, 15) is 8.42 Å². The van der Waals surface area contributed by atoms with Crippen molar-refractivity contribution in [2.24, 2.45) is 0 Å². The summed E-state index contributed by atoms with van der Waals surface area (Å²) in [5, 5.41) is 0. The molecular weight excluding hydrogens is 386 g/mol. The van der Waals surface area contributed by atoms with Crippen molar-refractivity contribution in [3.63, 3.8) is 0 Å². The summed E-state index contributed by atoms with van der Waals surface area (Å²) in [6.45, 7) is 4.27. The number of rotatable bonds is 6. The summed E-state index contributed by atoms with van der Waals surface area (Å²) in [7, 11) is -3.72. The fourth-order valence-electron chi connectivity index (χ4n) is 3.05. The Hall–Kier alpha value is -3.32. The Morgan fingerprint density at radius 2 is 1.86 bits per heavy atom. The van der Waals surface area contributed by atoms with Crippen molar-refractivity contribution in [1.82, 2.24) is 9.38 Å². The number of hydrogen-bond acceptors (Lipinski definition) is 4. The second kappa shape index (κ2) is 7.60. The van der Waals surface area contributed by atoms with Crippen LogP contribution in [0.3, 0.4) is 0 Å². The van der Waals surface area contributed by atoms with Crippen molar-refractivity contribution in [2.45, 2.75) is 18.7 Å². The van der Waals surface area contributed by atoms with Crippen LogP contribution in [-0.2, 0) is 10.0 Å². The number of pyridine rings is 1. The average Bonchev–Trinajstić information content (AvgIpc) is 3.14. The summed E-state index contributed by atoms with van der Waals surface area (Å²) in [5.74, 6) is 0.636. The number of imidazole rings is 1. The fourth-order valence-corrected chi connectivity index (χ4v) is 4.17. The van der Waals surface area contributed by atoms with Gasteiger partial charge in [0.05, 0.1) is 22.9 Å². The van der Waals surface area contributed by atoms with E-state index in [0.29, 0.717) is 18.0 Å². The summed E-state index contributed by atoms with van der Waals surface area (Å²) in [5.41, 5.74) is 3.79. The van der Waals surface area contributed by atoms with E-state index in [-0.39, 0.29) is 4.90 Å². The third kappa shape index (κ3) is 3.95. The van der Waals surface area contributed by atoms with Gasteiger partial charge in [0.25, 0.3) is 10.0 Å². The number of sulfonamides is 1.